The lowest BCUT2D eigenvalue weighted by Crippen LogP contribution is -2.50. The van der Waals surface area contributed by atoms with Crippen molar-refractivity contribution in [2.45, 2.75) is 51.1 Å². The molecule has 1 aliphatic carbocycles. The Morgan fingerprint density at radius 2 is 1.56 bits per heavy atom. The first-order valence-electron chi connectivity index (χ1n) is 13.2. The first kappa shape index (κ1) is 27.9. The molecule has 0 unspecified atom stereocenters. The molecule has 4 atom stereocenters. The summed E-state index contributed by atoms with van der Waals surface area (Å²) >= 11 is 0. The third-order valence-electron chi connectivity index (χ3n) is 7.45. The van der Waals surface area contributed by atoms with Gasteiger partial charge in [0.05, 0.1) is 24.4 Å². The Balaban J connectivity index is 1.51. The van der Waals surface area contributed by atoms with Gasteiger partial charge in [0, 0.05) is 0 Å². The molecule has 2 aromatic rings. The van der Waals surface area contributed by atoms with E-state index in [1.807, 2.05) is 0 Å². The van der Waals surface area contributed by atoms with Crippen LogP contribution in [0.4, 0.5) is 4.39 Å². The number of ketones is 1. The summed E-state index contributed by atoms with van der Waals surface area (Å²) in [5.41, 5.74) is 1.10. The molecule has 2 aromatic carbocycles. The van der Waals surface area contributed by atoms with Gasteiger partial charge in [0.15, 0.2) is 11.6 Å². The molecule has 0 aromatic heterocycles. The molecule has 39 heavy (non-hydrogen) atoms. The molecular weight excluding hydrogens is 501 g/mol. The average Bonchev–Trinajstić information content (AvgIpc) is 3.55. The van der Waals surface area contributed by atoms with E-state index in [4.69, 9.17) is 0 Å². The van der Waals surface area contributed by atoms with Crippen LogP contribution in [0.25, 0.3) is 6.08 Å². The molecule has 2 aliphatic rings. The highest BCUT2D eigenvalue weighted by molar-refractivity contribution is 6.16. The predicted octanol–water partition coefficient (Wildman–Crippen LogP) is 3.40. The molecule has 3 N–H and O–H groups in total. The van der Waals surface area contributed by atoms with E-state index in [0.717, 1.165) is 18.9 Å². The number of imide groups is 1. The van der Waals surface area contributed by atoms with Crippen LogP contribution in [0.15, 0.2) is 66.5 Å². The molecule has 204 valence electrons. The summed E-state index contributed by atoms with van der Waals surface area (Å²) in [5, 5.41) is 7.59. The molecule has 1 heterocycles. The monoisotopic (exact) mass is 533 g/mol. The number of nitrogens with one attached hydrogen (secondary N) is 3. The maximum Gasteiger partial charge on any atom is 0.280 e. The second-order valence-electron chi connectivity index (χ2n) is 10.2. The van der Waals surface area contributed by atoms with E-state index in [1.165, 1.54) is 6.92 Å². The van der Waals surface area contributed by atoms with E-state index in [1.54, 1.807) is 60.7 Å². The van der Waals surface area contributed by atoms with Crippen molar-refractivity contribution in [2.75, 3.05) is 0 Å². The third kappa shape index (κ3) is 6.85. The number of hydrogen-bond acceptors (Lipinski definition) is 5. The largest absolute Gasteiger partial charge is 0.346 e. The van der Waals surface area contributed by atoms with E-state index in [2.05, 4.69) is 16.0 Å². The highest BCUT2D eigenvalue weighted by Gasteiger charge is 2.47. The molecule has 4 rings (SSSR count). The number of rotatable bonds is 10. The van der Waals surface area contributed by atoms with Crippen molar-refractivity contribution >= 4 is 35.5 Å². The number of Topliss-reactive ketones (excluding diaryl/α,β-unsaturated/α-hetero) is 1. The number of carbonyl (C=O) groups excluding carboxylic acids is 5. The van der Waals surface area contributed by atoms with Gasteiger partial charge in [-0.05, 0) is 36.0 Å². The lowest BCUT2D eigenvalue weighted by molar-refractivity contribution is -0.137. The Morgan fingerprint density at radius 3 is 2.15 bits per heavy atom. The highest BCUT2D eigenvalue weighted by atomic mass is 19.1. The zero-order valence-corrected chi connectivity index (χ0v) is 21.7. The van der Waals surface area contributed by atoms with Gasteiger partial charge in [-0.1, -0.05) is 80.4 Å². The van der Waals surface area contributed by atoms with Gasteiger partial charge in [0.25, 0.3) is 5.91 Å². The standard InChI is InChI=1S/C30H32FN3O5/c1-18-25(30(39)34-28(18)37)27(36)26(21-14-8-9-15-21)33-24(35)17-23(20-12-6-3-7-13-20)32-29(38)22(31)16-19-10-4-2-5-11-19/h2-7,10-13,16,18,21,23,25-26H,8-9,14-15,17H2,1H3,(H,32,38)(H,33,35)(H,34,37,39)/b22-16-/t18-,23-,25+,26-/m0/s1. The predicted molar refractivity (Wildman–Crippen MR) is 142 cm³/mol. The number of halogens is 1. The smallest absolute Gasteiger partial charge is 0.280 e. The van der Waals surface area contributed by atoms with Crippen LogP contribution in [0, 0.1) is 17.8 Å². The molecule has 0 bridgehead atoms. The van der Waals surface area contributed by atoms with Crippen molar-refractivity contribution in [1.29, 1.82) is 0 Å². The van der Waals surface area contributed by atoms with Gasteiger partial charge in [-0.2, -0.15) is 0 Å². The van der Waals surface area contributed by atoms with Gasteiger partial charge < -0.3 is 10.6 Å². The summed E-state index contributed by atoms with van der Waals surface area (Å²) in [6.45, 7) is 1.52. The average molecular weight is 534 g/mol. The summed E-state index contributed by atoms with van der Waals surface area (Å²) in [7, 11) is 0. The normalized spacial score (nSPS) is 21.2. The number of amides is 4. The molecule has 0 radical (unpaired) electrons. The Morgan fingerprint density at radius 1 is 0.949 bits per heavy atom. The maximum absolute atomic E-state index is 14.7. The fourth-order valence-electron chi connectivity index (χ4n) is 5.32. The van der Waals surface area contributed by atoms with Crippen LogP contribution >= 0.6 is 0 Å². The van der Waals surface area contributed by atoms with Gasteiger partial charge in [-0.3, -0.25) is 29.3 Å². The minimum absolute atomic E-state index is 0.159. The van der Waals surface area contributed by atoms with Gasteiger partial charge in [0.1, 0.15) is 5.92 Å². The van der Waals surface area contributed by atoms with Crippen LogP contribution in [0.3, 0.4) is 0 Å². The molecular formula is C30H32FN3O5. The van der Waals surface area contributed by atoms with Crippen LogP contribution in [0.2, 0.25) is 0 Å². The third-order valence-corrected chi connectivity index (χ3v) is 7.45. The Hall–Kier alpha value is -4.14. The summed E-state index contributed by atoms with van der Waals surface area (Å²) in [5.74, 6) is -6.29. The van der Waals surface area contributed by atoms with Crippen LogP contribution < -0.4 is 16.0 Å². The SMILES string of the molecule is C[C@@H]1C(=O)NC(=O)[C@H]1C(=O)[C@@H](NC(=O)C[C@H](NC(=O)/C(F)=C/c1ccccc1)c1ccccc1)C1CCCC1. The van der Waals surface area contributed by atoms with Crippen molar-refractivity contribution in [2.24, 2.45) is 17.8 Å². The molecule has 4 amide bonds. The van der Waals surface area contributed by atoms with E-state index >= 15 is 0 Å². The molecule has 8 nitrogen and oxygen atoms in total. The minimum Gasteiger partial charge on any atom is -0.346 e. The lowest BCUT2D eigenvalue weighted by Gasteiger charge is -2.27. The topological polar surface area (TPSA) is 121 Å². The summed E-state index contributed by atoms with van der Waals surface area (Å²) < 4.78 is 14.7. The van der Waals surface area contributed by atoms with E-state index in [-0.39, 0.29) is 12.3 Å². The molecule has 9 heteroatoms. The molecule has 0 spiro atoms. The Labute approximate surface area is 226 Å². The van der Waals surface area contributed by atoms with Gasteiger partial charge in [-0.15, -0.1) is 0 Å². The number of benzene rings is 2. The second kappa shape index (κ2) is 12.6. The molecule has 1 aliphatic heterocycles. The van der Waals surface area contributed by atoms with Crippen LogP contribution in [0.5, 0.6) is 0 Å². The Kier molecular flexibility index (Phi) is 9.01. The van der Waals surface area contributed by atoms with Crippen molar-refractivity contribution in [1.82, 2.24) is 16.0 Å². The van der Waals surface area contributed by atoms with Crippen molar-refractivity contribution in [3.05, 3.63) is 77.6 Å². The fraction of sp³-hybridized carbons (Fsp3) is 0.367. The molecule has 2 fully saturated rings. The fourth-order valence-corrected chi connectivity index (χ4v) is 5.32. The summed E-state index contributed by atoms with van der Waals surface area (Å²) in [4.78, 5) is 63.8. The highest BCUT2D eigenvalue weighted by Crippen LogP contribution is 2.32. The van der Waals surface area contributed by atoms with Gasteiger partial charge in [-0.25, -0.2) is 4.39 Å². The zero-order valence-electron chi connectivity index (χ0n) is 21.7. The first-order chi connectivity index (χ1) is 18.7. The Bertz CT molecular complexity index is 1260. The minimum atomic E-state index is -1.16. The van der Waals surface area contributed by atoms with Crippen LogP contribution in [0.1, 0.15) is 56.2 Å². The number of carbonyl (C=O) groups is 5. The van der Waals surface area contributed by atoms with Crippen LogP contribution in [-0.2, 0) is 24.0 Å². The lowest BCUT2D eigenvalue weighted by atomic mass is 9.83. The zero-order chi connectivity index (χ0) is 27.9. The van der Waals surface area contributed by atoms with Crippen molar-refractivity contribution in [3.63, 3.8) is 0 Å². The second-order valence-corrected chi connectivity index (χ2v) is 10.2. The van der Waals surface area contributed by atoms with Gasteiger partial charge >= 0.3 is 0 Å². The van der Waals surface area contributed by atoms with Gasteiger partial charge in [0.2, 0.25) is 17.7 Å². The van der Waals surface area contributed by atoms with Crippen LogP contribution in [-0.4, -0.2) is 35.5 Å². The van der Waals surface area contributed by atoms with Crippen molar-refractivity contribution in [3.8, 4) is 0 Å². The molecule has 1 saturated carbocycles. The first-order valence-corrected chi connectivity index (χ1v) is 13.2. The van der Waals surface area contributed by atoms with E-state index < -0.39 is 59.2 Å². The summed E-state index contributed by atoms with van der Waals surface area (Å²) in [6, 6.07) is 15.4. The molecule has 1 saturated heterocycles. The quantitative estimate of drug-likeness (QED) is 0.246. The van der Waals surface area contributed by atoms with E-state index in [9.17, 15) is 28.4 Å². The number of hydrogen-bond donors (Lipinski definition) is 3. The van der Waals surface area contributed by atoms with Crippen molar-refractivity contribution < 1.29 is 28.4 Å². The summed E-state index contributed by atoms with van der Waals surface area (Å²) in [6.07, 6.45) is 4.07. The van der Waals surface area contributed by atoms with E-state index in [0.29, 0.717) is 24.0 Å². The maximum atomic E-state index is 14.7.